The molecule has 15 heavy (non-hydrogen) atoms. The molecule has 0 aliphatic heterocycles. The van der Waals surface area contributed by atoms with Crippen molar-refractivity contribution in [2.45, 2.75) is 12.2 Å². The van der Waals surface area contributed by atoms with Gasteiger partial charge in [-0.05, 0) is 0 Å². The average Bonchev–Trinajstić information content (AvgIpc) is 2.26. The number of carbonyl (C=O) groups excluding carboxylic acids is 1. The summed E-state index contributed by atoms with van der Waals surface area (Å²) in [5.41, 5.74) is 0. The molecule has 0 rings (SSSR count). The first kappa shape index (κ1) is 14.1. The second kappa shape index (κ2) is 8.37. The number of aliphatic hydroxyl groups excluding tert-OH is 3. The molecule has 0 spiro atoms. The predicted octanol–water partition coefficient (Wildman–Crippen LogP) is -1.55. The lowest BCUT2D eigenvalue weighted by molar-refractivity contribution is -0.149. The van der Waals surface area contributed by atoms with Crippen molar-refractivity contribution in [2.24, 2.45) is 0 Å². The van der Waals surface area contributed by atoms with E-state index in [-0.39, 0.29) is 19.8 Å². The van der Waals surface area contributed by atoms with Gasteiger partial charge in [-0.3, -0.25) is 0 Å². The highest BCUT2D eigenvalue weighted by molar-refractivity contribution is 5.81. The maximum Gasteiger partial charge on any atom is 0.330 e. The minimum Gasteiger partial charge on any atom is -0.454 e. The highest BCUT2D eigenvalue weighted by atomic mass is 16.6. The van der Waals surface area contributed by atoms with Crippen molar-refractivity contribution in [3.63, 3.8) is 0 Å². The van der Waals surface area contributed by atoms with Crippen LogP contribution in [-0.4, -0.2) is 59.9 Å². The van der Waals surface area contributed by atoms with Crippen LogP contribution in [0.15, 0.2) is 12.7 Å². The number of esters is 1. The summed E-state index contributed by atoms with van der Waals surface area (Å²) in [5.74, 6) is -0.652. The Labute approximate surface area is 87.7 Å². The van der Waals surface area contributed by atoms with Gasteiger partial charge in [0.15, 0.2) is 0 Å². The molecule has 0 aromatic heterocycles. The Morgan fingerprint density at radius 2 is 2.00 bits per heavy atom. The van der Waals surface area contributed by atoms with Crippen LogP contribution in [-0.2, 0) is 14.3 Å². The lowest BCUT2D eigenvalue weighted by Gasteiger charge is -2.15. The van der Waals surface area contributed by atoms with Crippen LogP contribution in [0.2, 0.25) is 0 Å². The molecule has 88 valence electrons. The van der Waals surface area contributed by atoms with E-state index in [1.165, 1.54) is 0 Å². The standard InChI is InChI=1S/C9H16O6/c1-2-9(13)15-8(4-11)6-14-5-7(12)3-10/h2,7-8,10-12H,1,3-6H2. The highest BCUT2D eigenvalue weighted by Gasteiger charge is 2.12. The minimum atomic E-state index is -0.973. The van der Waals surface area contributed by atoms with Gasteiger partial charge < -0.3 is 24.8 Å². The maximum absolute atomic E-state index is 10.7. The molecule has 0 fully saturated rings. The normalized spacial score (nSPS) is 14.3. The van der Waals surface area contributed by atoms with E-state index in [1.807, 2.05) is 0 Å². The van der Waals surface area contributed by atoms with E-state index < -0.39 is 24.8 Å². The smallest absolute Gasteiger partial charge is 0.330 e. The van der Waals surface area contributed by atoms with Gasteiger partial charge in [0, 0.05) is 6.08 Å². The SMILES string of the molecule is C=CC(=O)OC(CO)COCC(O)CO. The van der Waals surface area contributed by atoms with Gasteiger partial charge in [0.05, 0.1) is 26.4 Å². The van der Waals surface area contributed by atoms with Crippen molar-refractivity contribution < 1.29 is 29.6 Å². The van der Waals surface area contributed by atoms with Gasteiger partial charge in [-0.15, -0.1) is 0 Å². The number of hydrogen-bond acceptors (Lipinski definition) is 6. The number of ether oxygens (including phenoxy) is 2. The van der Waals surface area contributed by atoms with Gasteiger partial charge in [-0.25, -0.2) is 4.79 Å². The molecule has 0 heterocycles. The van der Waals surface area contributed by atoms with Crippen LogP contribution in [0.5, 0.6) is 0 Å². The second-order valence-electron chi connectivity index (χ2n) is 2.82. The fourth-order valence-corrected chi connectivity index (χ4v) is 0.725. The Kier molecular flexibility index (Phi) is 7.84. The molecule has 0 amide bonds. The molecule has 0 aliphatic rings. The predicted molar refractivity (Wildman–Crippen MR) is 51.1 cm³/mol. The van der Waals surface area contributed by atoms with E-state index in [2.05, 4.69) is 11.3 Å². The third-order valence-electron chi connectivity index (χ3n) is 1.48. The zero-order valence-electron chi connectivity index (χ0n) is 8.33. The summed E-state index contributed by atoms with van der Waals surface area (Å²) in [6.45, 7) is 2.28. The van der Waals surface area contributed by atoms with Crippen LogP contribution in [0.25, 0.3) is 0 Å². The summed E-state index contributed by atoms with van der Waals surface area (Å²) in [5, 5.41) is 26.2. The minimum absolute atomic E-state index is 0.0485. The van der Waals surface area contributed by atoms with Crippen molar-refractivity contribution in [2.75, 3.05) is 26.4 Å². The van der Waals surface area contributed by atoms with Crippen LogP contribution in [0.3, 0.4) is 0 Å². The molecule has 0 aliphatic carbocycles. The Hall–Kier alpha value is -0.950. The molecular weight excluding hydrogens is 204 g/mol. The van der Waals surface area contributed by atoms with Crippen molar-refractivity contribution in [3.05, 3.63) is 12.7 Å². The molecule has 6 nitrogen and oxygen atoms in total. The Morgan fingerprint density at radius 1 is 1.33 bits per heavy atom. The number of hydrogen-bond donors (Lipinski definition) is 3. The first-order valence-electron chi connectivity index (χ1n) is 4.44. The first-order chi connectivity index (χ1) is 7.13. The van der Waals surface area contributed by atoms with Crippen LogP contribution < -0.4 is 0 Å². The van der Waals surface area contributed by atoms with Gasteiger partial charge >= 0.3 is 5.97 Å². The summed E-state index contributed by atoms with van der Waals surface area (Å²) in [7, 11) is 0. The van der Waals surface area contributed by atoms with E-state index >= 15 is 0 Å². The van der Waals surface area contributed by atoms with Crippen molar-refractivity contribution in [1.82, 2.24) is 0 Å². The zero-order valence-corrected chi connectivity index (χ0v) is 8.33. The van der Waals surface area contributed by atoms with Crippen LogP contribution >= 0.6 is 0 Å². The van der Waals surface area contributed by atoms with Crippen LogP contribution in [0, 0.1) is 0 Å². The third kappa shape index (κ3) is 7.03. The molecular formula is C9H16O6. The van der Waals surface area contributed by atoms with Gasteiger partial charge in [0.25, 0.3) is 0 Å². The Balaban J connectivity index is 3.70. The largest absolute Gasteiger partial charge is 0.454 e. The van der Waals surface area contributed by atoms with Crippen LogP contribution in [0.4, 0.5) is 0 Å². The quantitative estimate of drug-likeness (QED) is 0.338. The monoisotopic (exact) mass is 220 g/mol. The highest BCUT2D eigenvalue weighted by Crippen LogP contribution is 1.95. The average molecular weight is 220 g/mol. The third-order valence-corrected chi connectivity index (χ3v) is 1.48. The number of rotatable bonds is 8. The lowest BCUT2D eigenvalue weighted by atomic mass is 10.4. The molecule has 0 aromatic rings. The molecule has 6 heteroatoms. The molecule has 2 atom stereocenters. The van der Waals surface area contributed by atoms with E-state index in [4.69, 9.17) is 20.1 Å². The fraction of sp³-hybridized carbons (Fsp3) is 0.667. The molecule has 0 radical (unpaired) electrons. The summed E-state index contributed by atoms with van der Waals surface area (Å²) in [6.07, 6.45) is -0.786. The Bertz CT molecular complexity index is 193. The molecule has 0 saturated carbocycles. The number of aliphatic hydroxyl groups is 3. The molecule has 2 unspecified atom stereocenters. The van der Waals surface area contributed by atoms with Gasteiger partial charge in [-0.1, -0.05) is 6.58 Å². The lowest BCUT2D eigenvalue weighted by Crippen LogP contribution is -2.29. The second-order valence-corrected chi connectivity index (χ2v) is 2.82. The molecule has 0 aromatic carbocycles. The Morgan fingerprint density at radius 3 is 2.47 bits per heavy atom. The van der Waals surface area contributed by atoms with Crippen molar-refractivity contribution in [3.8, 4) is 0 Å². The van der Waals surface area contributed by atoms with E-state index in [0.29, 0.717) is 0 Å². The van der Waals surface area contributed by atoms with Crippen molar-refractivity contribution >= 4 is 5.97 Å². The summed E-state index contributed by atoms with van der Waals surface area (Å²) in [6, 6.07) is 0. The number of carbonyl (C=O) groups is 1. The molecule has 0 bridgehead atoms. The zero-order chi connectivity index (χ0) is 11.7. The van der Waals surface area contributed by atoms with Crippen LogP contribution in [0.1, 0.15) is 0 Å². The van der Waals surface area contributed by atoms with Gasteiger partial charge in [0.2, 0.25) is 0 Å². The summed E-state index contributed by atoms with van der Waals surface area (Å²) in [4.78, 5) is 10.7. The fourth-order valence-electron chi connectivity index (χ4n) is 0.725. The molecule has 0 saturated heterocycles. The van der Waals surface area contributed by atoms with Crippen molar-refractivity contribution in [1.29, 1.82) is 0 Å². The first-order valence-corrected chi connectivity index (χ1v) is 4.44. The van der Waals surface area contributed by atoms with E-state index in [1.54, 1.807) is 0 Å². The van der Waals surface area contributed by atoms with E-state index in [9.17, 15) is 4.79 Å². The van der Waals surface area contributed by atoms with E-state index in [0.717, 1.165) is 6.08 Å². The summed E-state index contributed by atoms with van der Waals surface area (Å²) < 4.78 is 9.59. The van der Waals surface area contributed by atoms with Gasteiger partial charge in [0.1, 0.15) is 12.2 Å². The summed E-state index contributed by atoms with van der Waals surface area (Å²) >= 11 is 0. The molecule has 3 N–H and O–H groups in total. The topological polar surface area (TPSA) is 96.2 Å². The van der Waals surface area contributed by atoms with Gasteiger partial charge in [-0.2, -0.15) is 0 Å². The maximum atomic E-state index is 10.7.